The Balaban J connectivity index is 1.90. The lowest BCUT2D eigenvalue weighted by Crippen LogP contribution is -2.55. The molecule has 0 bridgehead atoms. The highest BCUT2D eigenvalue weighted by molar-refractivity contribution is 4.87. The van der Waals surface area contributed by atoms with E-state index in [1.54, 1.807) is 0 Å². The average Bonchev–Trinajstić information content (AvgIpc) is 2.70. The molecule has 3 N–H and O–H groups in total. The summed E-state index contributed by atoms with van der Waals surface area (Å²) in [5.41, 5.74) is 0. The Morgan fingerprint density at radius 2 is 1.43 bits per heavy atom. The Hall–Kier alpha value is -0.460. The first kappa shape index (κ1) is 25.6. The van der Waals surface area contributed by atoms with Crippen LogP contribution in [0.2, 0.25) is 0 Å². The quantitative estimate of drug-likeness (QED) is 0.253. The van der Waals surface area contributed by atoms with Crippen molar-refractivity contribution in [2.75, 3.05) is 19.8 Å². The summed E-state index contributed by atoms with van der Waals surface area (Å²) >= 11 is 0. The van der Waals surface area contributed by atoms with Gasteiger partial charge in [-0.05, 0) is 32.1 Å². The normalized spacial score (nSPS) is 25.6. The van der Waals surface area contributed by atoms with Crippen LogP contribution in [-0.2, 0) is 9.47 Å². The van der Waals surface area contributed by atoms with Crippen LogP contribution in [0, 0.1) is 0 Å². The Kier molecular flexibility index (Phi) is 15.9. The standard InChI is InChI=1S/C23H44O5/c1-2-3-4-5-6-7-8-9-10-11-12-13-14-15-16-17-27-23-20(25)19-28-21(18-24)22(23)26/h10-11,20-26H,2-9,12-19H2,1H3/b11-10+/t20-,21+,22+,23+/m0/s1. The molecule has 4 atom stereocenters. The summed E-state index contributed by atoms with van der Waals surface area (Å²) in [4.78, 5) is 0. The van der Waals surface area contributed by atoms with Gasteiger partial charge in [0.25, 0.3) is 0 Å². The van der Waals surface area contributed by atoms with Crippen molar-refractivity contribution in [3.63, 3.8) is 0 Å². The van der Waals surface area contributed by atoms with E-state index in [2.05, 4.69) is 19.1 Å². The zero-order valence-corrected chi connectivity index (χ0v) is 17.9. The van der Waals surface area contributed by atoms with Crippen molar-refractivity contribution in [1.29, 1.82) is 0 Å². The molecule has 0 saturated carbocycles. The minimum absolute atomic E-state index is 0.0954. The summed E-state index contributed by atoms with van der Waals surface area (Å²) in [7, 11) is 0. The van der Waals surface area contributed by atoms with Crippen LogP contribution in [0.5, 0.6) is 0 Å². The maximum atomic E-state index is 10.0. The van der Waals surface area contributed by atoms with Crippen molar-refractivity contribution in [3.05, 3.63) is 12.2 Å². The molecule has 166 valence electrons. The van der Waals surface area contributed by atoms with E-state index in [0.29, 0.717) is 6.61 Å². The molecule has 0 aromatic heterocycles. The summed E-state index contributed by atoms with van der Waals surface area (Å²) in [6.07, 6.45) is 17.8. The van der Waals surface area contributed by atoms with Crippen LogP contribution in [0.3, 0.4) is 0 Å². The van der Waals surface area contributed by atoms with Gasteiger partial charge in [-0.3, -0.25) is 0 Å². The van der Waals surface area contributed by atoms with Crippen molar-refractivity contribution in [3.8, 4) is 0 Å². The van der Waals surface area contributed by atoms with Gasteiger partial charge in [-0.2, -0.15) is 0 Å². The number of aliphatic hydroxyl groups excluding tert-OH is 3. The monoisotopic (exact) mass is 400 g/mol. The maximum Gasteiger partial charge on any atom is 0.114 e. The lowest BCUT2D eigenvalue weighted by atomic mass is 10.0. The fourth-order valence-corrected chi connectivity index (χ4v) is 3.62. The van der Waals surface area contributed by atoms with Gasteiger partial charge in [-0.25, -0.2) is 0 Å². The van der Waals surface area contributed by atoms with E-state index >= 15 is 0 Å². The maximum absolute atomic E-state index is 10.0. The zero-order chi connectivity index (χ0) is 20.5. The number of rotatable bonds is 17. The minimum atomic E-state index is -0.977. The molecule has 0 aliphatic carbocycles. The van der Waals surface area contributed by atoms with Crippen molar-refractivity contribution in [1.82, 2.24) is 0 Å². The highest BCUT2D eigenvalue weighted by Crippen LogP contribution is 2.19. The van der Waals surface area contributed by atoms with E-state index in [1.165, 1.54) is 64.2 Å². The van der Waals surface area contributed by atoms with E-state index in [9.17, 15) is 10.2 Å². The molecule has 0 aromatic carbocycles. The lowest BCUT2D eigenvalue weighted by Gasteiger charge is -2.37. The second-order valence-electron chi connectivity index (χ2n) is 8.03. The number of allylic oxidation sites excluding steroid dienone is 2. The molecule has 0 radical (unpaired) electrons. The molecule has 5 nitrogen and oxygen atoms in total. The van der Waals surface area contributed by atoms with Gasteiger partial charge in [0, 0.05) is 6.61 Å². The summed E-state index contributed by atoms with van der Waals surface area (Å²) in [5.74, 6) is 0. The summed E-state index contributed by atoms with van der Waals surface area (Å²) in [6, 6.07) is 0. The molecule has 0 amide bonds. The van der Waals surface area contributed by atoms with Crippen LogP contribution in [0.25, 0.3) is 0 Å². The highest BCUT2D eigenvalue weighted by Gasteiger charge is 2.38. The van der Waals surface area contributed by atoms with Crippen LogP contribution in [0.4, 0.5) is 0 Å². The molecule has 0 unspecified atom stereocenters. The molecule has 1 saturated heterocycles. The number of hydrogen-bond acceptors (Lipinski definition) is 5. The largest absolute Gasteiger partial charge is 0.394 e. The Morgan fingerprint density at radius 1 is 0.857 bits per heavy atom. The summed E-state index contributed by atoms with van der Waals surface area (Å²) < 4.78 is 10.8. The van der Waals surface area contributed by atoms with Crippen molar-refractivity contribution in [2.24, 2.45) is 0 Å². The lowest BCUT2D eigenvalue weighted by molar-refractivity contribution is -0.210. The van der Waals surface area contributed by atoms with Crippen LogP contribution < -0.4 is 0 Å². The molecule has 5 heteroatoms. The first-order chi connectivity index (χ1) is 13.7. The van der Waals surface area contributed by atoms with Crippen LogP contribution in [-0.4, -0.2) is 59.6 Å². The molecule has 1 heterocycles. The van der Waals surface area contributed by atoms with Crippen molar-refractivity contribution < 1.29 is 24.8 Å². The average molecular weight is 401 g/mol. The number of unbranched alkanes of at least 4 members (excludes halogenated alkanes) is 11. The number of aliphatic hydroxyl groups is 3. The van der Waals surface area contributed by atoms with Gasteiger partial charge in [0.05, 0.1) is 13.2 Å². The van der Waals surface area contributed by atoms with Gasteiger partial charge >= 0.3 is 0 Å². The first-order valence-corrected chi connectivity index (χ1v) is 11.6. The Morgan fingerprint density at radius 3 is 2.04 bits per heavy atom. The highest BCUT2D eigenvalue weighted by atomic mass is 16.6. The van der Waals surface area contributed by atoms with Gasteiger partial charge in [-0.15, -0.1) is 0 Å². The van der Waals surface area contributed by atoms with E-state index in [-0.39, 0.29) is 13.2 Å². The van der Waals surface area contributed by atoms with Gasteiger partial charge in [0.1, 0.15) is 24.4 Å². The fraction of sp³-hybridized carbons (Fsp3) is 0.913. The molecule has 1 rings (SSSR count). The van der Waals surface area contributed by atoms with Gasteiger partial charge < -0.3 is 24.8 Å². The fourth-order valence-electron chi connectivity index (χ4n) is 3.62. The van der Waals surface area contributed by atoms with Crippen LogP contribution in [0.15, 0.2) is 12.2 Å². The Labute approximate surface area is 172 Å². The molecule has 1 aliphatic rings. The molecule has 0 spiro atoms. The second kappa shape index (κ2) is 17.4. The minimum Gasteiger partial charge on any atom is -0.394 e. The molecule has 0 aromatic rings. The van der Waals surface area contributed by atoms with Crippen molar-refractivity contribution in [2.45, 2.75) is 115 Å². The van der Waals surface area contributed by atoms with E-state index in [0.717, 1.165) is 19.3 Å². The second-order valence-corrected chi connectivity index (χ2v) is 8.03. The topological polar surface area (TPSA) is 79.2 Å². The van der Waals surface area contributed by atoms with Gasteiger partial charge in [0.15, 0.2) is 0 Å². The number of hydrogen-bond donors (Lipinski definition) is 3. The van der Waals surface area contributed by atoms with Crippen LogP contribution >= 0.6 is 0 Å². The predicted octanol–water partition coefficient (Wildman–Crippen LogP) is 4.13. The van der Waals surface area contributed by atoms with E-state index in [4.69, 9.17) is 14.6 Å². The third-order valence-electron chi connectivity index (χ3n) is 5.47. The summed E-state index contributed by atoms with van der Waals surface area (Å²) in [6.45, 7) is 2.61. The molecule has 1 fully saturated rings. The third kappa shape index (κ3) is 11.5. The smallest absolute Gasteiger partial charge is 0.114 e. The SMILES string of the molecule is CCCCCCCCC/C=C/CCCCCCO[C@H]1[C@H](O)[C@@H](CO)OC[C@@H]1O. The van der Waals surface area contributed by atoms with Crippen LogP contribution in [0.1, 0.15) is 90.4 Å². The van der Waals surface area contributed by atoms with Gasteiger partial charge in [0.2, 0.25) is 0 Å². The molecule has 28 heavy (non-hydrogen) atoms. The zero-order valence-electron chi connectivity index (χ0n) is 17.9. The molecular weight excluding hydrogens is 356 g/mol. The number of ether oxygens (including phenoxy) is 2. The van der Waals surface area contributed by atoms with E-state index in [1.807, 2.05) is 0 Å². The first-order valence-electron chi connectivity index (χ1n) is 11.6. The molecule has 1 aliphatic heterocycles. The van der Waals surface area contributed by atoms with Crippen molar-refractivity contribution >= 4 is 0 Å². The Bertz CT molecular complexity index is 374. The van der Waals surface area contributed by atoms with E-state index < -0.39 is 24.4 Å². The third-order valence-corrected chi connectivity index (χ3v) is 5.47. The predicted molar refractivity (Wildman–Crippen MR) is 113 cm³/mol. The summed E-state index contributed by atoms with van der Waals surface area (Å²) in [5, 5.41) is 29.1. The van der Waals surface area contributed by atoms with Gasteiger partial charge in [-0.1, -0.05) is 70.4 Å². The molecular formula is C23H44O5.